The van der Waals surface area contributed by atoms with Crippen LogP contribution in [0, 0.1) is 20.2 Å². The van der Waals surface area contributed by atoms with Crippen LogP contribution in [-0.2, 0) is 0 Å². The van der Waals surface area contributed by atoms with E-state index in [1.807, 2.05) is 0 Å². The summed E-state index contributed by atoms with van der Waals surface area (Å²) in [5, 5.41) is 28.2. The fourth-order valence-corrected chi connectivity index (χ4v) is 3.33. The summed E-state index contributed by atoms with van der Waals surface area (Å²) in [5.74, 6) is 0. The second-order valence-electron chi connectivity index (χ2n) is 6.17. The number of hydrogen-bond acceptors (Lipinski definition) is 6. The lowest BCUT2D eigenvalue weighted by Crippen LogP contribution is -2.45. The average molecular weight is 300 g/mol. The number of nitro groups is 2. The predicted octanol–water partition coefficient (Wildman–Crippen LogP) is 1.30. The fraction of sp³-hybridized carbons (Fsp3) is 1.00. The minimum atomic E-state index is -0.367. The van der Waals surface area contributed by atoms with Gasteiger partial charge in [0.25, 0.3) is 0 Å². The lowest BCUT2D eigenvalue weighted by molar-refractivity contribution is -0.526. The number of rotatable bonds is 6. The van der Waals surface area contributed by atoms with Crippen LogP contribution in [0.3, 0.4) is 0 Å². The van der Waals surface area contributed by atoms with Crippen LogP contribution in [-0.4, -0.2) is 40.7 Å². The Balaban J connectivity index is 1.57. The monoisotopic (exact) mass is 300 g/mol. The van der Waals surface area contributed by atoms with Crippen molar-refractivity contribution in [3.8, 4) is 0 Å². The maximum Gasteiger partial charge on any atom is 0.213 e. The molecular weight excluding hydrogens is 276 g/mol. The van der Waals surface area contributed by atoms with Gasteiger partial charge in [-0.1, -0.05) is 0 Å². The van der Waals surface area contributed by atoms with Crippen LogP contribution < -0.4 is 10.6 Å². The lowest BCUT2D eigenvalue weighted by Gasteiger charge is -2.28. The van der Waals surface area contributed by atoms with Crippen LogP contribution in [0.1, 0.15) is 51.4 Å². The summed E-state index contributed by atoms with van der Waals surface area (Å²) >= 11 is 0. The summed E-state index contributed by atoms with van der Waals surface area (Å²) < 4.78 is 0. The van der Waals surface area contributed by atoms with Crippen LogP contribution >= 0.6 is 0 Å². The maximum atomic E-state index is 10.7. The van der Waals surface area contributed by atoms with Crippen molar-refractivity contribution < 1.29 is 9.85 Å². The molecule has 8 nitrogen and oxygen atoms in total. The molecule has 2 aliphatic carbocycles. The Bertz CT molecular complexity index is 329. The topological polar surface area (TPSA) is 110 Å². The van der Waals surface area contributed by atoms with Crippen LogP contribution in [0.2, 0.25) is 0 Å². The van der Waals surface area contributed by atoms with Gasteiger partial charge in [-0.3, -0.25) is 20.2 Å². The minimum absolute atomic E-state index is 0.164. The Kier molecular flexibility index (Phi) is 5.86. The molecule has 2 N–H and O–H groups in total. The second kappa shape index (κ2) is 7.65. The van der Waals surface area contributed by atoms with Crippen LogP contribution in [0.25, 0.3) is 0 Å². The lowest BCUT2D eigenvalue weighted by atomic mass is 9.91. The van der Waals surface area contributed by atoms with Gasteiger partial charge in [-0.05, 0) is 25.7 Å². The molecule has 2 aliphatic rings. The first-order chi connectivity index (χ1) is 10.1. The zero-order valence-electron chi connectivity index (χ0n) is 12.2. The molecule has 0 bridgehead atoms. The van der Waals surface area contributed by atoms with Crippen molar-refractivity contribution in [3.05, 3.63) is 20.2 Å². The average Bonchev–Trinajstić information content (AvgIpc) is 2.48. The van der Waals surface area contributed by atoms with Crippen molar-refractivity contribution >= 4 is 0 Å². The molecule has 0 saturated heterocycles. The number of nitrogens with one attached hydrogen (secondary N) is 2. The zero-order valence-corrected chi connectivity index (χ0v) is 12.2. The summed E-state index contributed by atoms with van der Waals surface area (Å²) in [6, 6.07) is -0.0329. The molecule has 0 atom stereocenters. The molecule has 2 rings (SSSR count). The summed E-state index contributed by atoms with van der Waals surface area (Å²) in [5.41, 5.74) is 0. The first kappa shape index (κ1) is 16.1. The normalized spacial score (nSPS) is 33.5. The maximum absolute atomic E-state index is 10.7. The molecular formula is C13H24N4O4. The molecule has 0 aromatic rings. The standard InChI is InChI=1S/C13H24N4O4/c18-16(19)12-5-1-10(2-6-12)14-9-15-11-3-7-13(8-4-11)17(20)21/h10-15H,1-9H2. The fourth-order valence-electron chi connectivity index (χ4n) is 3.33. The Morgan fingerprint density at radius 2 is 1.05 bits per heavy atom. The van der Waals surface area contributed by atoms with E-state index < -0.39 is 0 Å². The van der Waals surface area contributed by atoms with E-state index in [1.165, 1.54) is 0 Å². The molecule has 0 heterocycles. The van der Waals surface area contributed by atoms with Gasteiger partial charge in [-0.2, -0.15) is 0 Å². The Morgan fingerprint density at radius 3 is 1.33 bits per heavy atom. The van der Waals surface area contributed by atoms with E-state index in [4.69, 9.17) is 0 Å². The predicted molar refractivity (Wildman–Crippen MR) is 77.2 cm³/mol. The van der Waals surface area contributed by atoms with Gasteiger partial charge in [0.2, 0.25) is 12.1 Å². The third-order valence-electron chi connectivity index (χ3n) is 4.77. The van der Waals surface area contributed by atoms with E-state index >= 15 is 0 Å². The number of nitrogens with zero attached hydrogens (tertiary/aromatic N) is 2. The highest BCUT2D eigenvalue weighted by Gasteiger charge is 2.29. The van der Waals surface area contributed by atoms with Crippen molar-refractivity contribution in [2.75, 3.05) is 6.67 Å². The van der Waals surface area contributed by atoms with Gasteiger partial charge in [-0.25, -0.2) is 0 Å². The van der Waals surface area contributed by atoms with E-state index in [2.05, 4.69) is 10.6 Å². The van der Waals surface area contributed by atoms with Gasteiger partial charge in [0.1, 0.15) is 0 Å². The first-order valence-corrected chi connectivity index (χ1v) is 7.80. The summed E-state index contributed by atoms with van der Waals surface area (Å²) in [6.07, 6.45) is 6.00. The van der Waals surface area contributed by atoms with Crippen molar-refractivity contribution in [1.29, 1.82) is 0 Å². The molecule has 21 heavy (non-hydrogen) atoms. The molecule has 0 radical (unpaired) electrons. The molecule has 2 fully saturated rings. The van der Waals surface area contributed by atoms with Gasteiger partial charge in [0.15, 0.2) is 0 Å². The van der Waals surface area contributed by atoms with Crippen molar-refractivity contribution in [1.82, 2.24) is 10.6 Å². The Labute approximate surface area is 124 Å². The summed E-state index contributed by atoms with van der Waals surface area (Å²) in [4.78, 5) is 21.0. The van der Waals surface area contributed by atoms with E-state index in [1.54, 1.807) is 0 Å². The highest BCUT2D eigenvalue weighted by Crippen LogP contribution is 2.21. The molecule has 0 aromatic carbocycles. The third-order valence-corrected chi connectivity index (χ3v) is 4.77. The SMILES string of the molecule is O=[N+]([O-])C1CCC(NCNC2CCC([N+](=O)[O-])CC2)CC1. The molecule has 0 amide bonds. The number of hydrogen-bond donors (Lipinski definition) is 2. The highest BCUT2D eigenvalue weighted by atomic mass is 16.6. The van der Waals surface area contributed by atoms with Crippen LogP contribution in [0.4, 0.5) is 0 Å². The van der Waals surface area contributed by atoms with E-state index in [0.717, 1.165) is 25.7 Å². The Morgan fingerprint density at radius 1 is 0.714 bits per heavy atom. The zero-order chi connectivity index (χ0) is 15.2. The molecule has 8 heteroatoms. The van der Waals surface area contributed by atoms with E-state index in [0.29, 0.717) is 44.4 Å². The molecule has 0 unspecified atom stereocenters. The molecule has 120 valence electrons. The quantitative estimate of drug-likeness (QED) is 0.434. The van der Waals surface area contributed by atoms with Crippen LogP contribution in [0.15, 0.2) is 0 Å². The highest BCUT2D eigenvalue weighted by molar-refractivity contribution is 4.79. The van der Waals surface area contributed by atoms with Crippen molar-refractivity contribution in [2.45, 2.75) is 75.5 Å². The first-order valence-electron chi connectivity index (χ1n) is 7.80. The molecule has 0 aromatic heterocycles. The summed E-state index contributed by atoms with van der Waals surface area (Å²) in [6.45, 7) is 0.682. The molecule has 2 saturated carbocycles. The van der Waals surface area contributed by atoms with Gasteiger partial charge < -0.3 is 10.6 Å². The van der Waals surface area contributed by atoms with Crippen LogP contribution in [0.5, 0.6) is 0 Å². The van der Waals surface area contributed by atoms with E-state index in [9.17, 15) is 20.2 Å². The van der Waals surface area contributed by atoms with Gasteiger partial charge in [0.05, 0.1) is 0 Å². The second-order valence-corrected chi connectivity index (χ2v) is 6.17. The van der Waals surface area contributed by atoms with Gasteiger partial charge >= 0.3 is 0 Å². The minimum Gasteiger partial charge on any atom is -0.302 e. The Hall–Kier alpha value is -1.28. The van der Waals surface area contributed by atoms with Gasteiger partial charge in [-0.15, -0.1) is 0 Å². The summed E-state index contributed by atoms with van der Waals surface area (Å²) in [7, 11) is 0. The molecule has 0 spiro atoms. The largest absolute Gasteiger partial charge is 0.302 e. The molecule has 0 aliphatic heterocycles. The van der Waals surface area contributed by atoms with Gasteiger partial charge in [0, 0.05) is 54.3 Å². The van der Waals surface area contributed by atoms with Crippen molar-refractivity contribution in [3.63, 3.8) is 0 Å². The third kappa shape index (κ3) is 4.89. The smallest absolute Gasteiger partial charge is 0.213 e. The van der Waals surface area contributed by atoms with Crippen molar-refractivity contribution in [2.24, 2.45) is 0 Å². The van der Waals surface area contributed by atoms with E-state index in [-0.39, 0.29) is 21.9 Å².